The third-order valence-corrected chi connectivity index (χ3v) is 5.95. The molecule has 30 heavy (non-hydrogen) atoms. The van der Waals surface area contributed by atoms with Gasteiger partial charge in [0.05, 0.1) is 11.1 Å². The Hall–Kier alpha value is -2.49. The largest absolute Gasteiger partial charge is 0.480 e. The van der Waals surface area contributed by atoms with E-state index < -0.39 is 41.0 Å². The van der Waals surface area contributed by atoms with Crippen LogP contribution < -0.4 is 5.32 Å². The molecule has 1 heterocycles. The van der Waals surface area contributed by atoms with Gasteiger partial charge in [0.25, 0.3) is 0 Å². The van der Waals surface area contributed by atoms with Gasteiger partial charge in [0.2, 0.25) is 0 Å². The lowest BCUT2D eigenvalue weighted by molar-refractivity contribution is -0.139. The van der Waals surface area contributed by atoms with Crippen molar-refractivity contribution in [3.63, 3.8) is 0 Å². The number of hydrogen-bond acceptors (Lipinski definition) is 3. The monoisotopic (exact) mass is 432 g/mol. The number of benzene rings is 2. The summed E-state index contributed by atoms with van der Waals surface area (Å²) < 4.78 is 28.7. The fraction of sp³-hybridized carbons (Fsp3) is 0.391. The molecule has 1 fully saturated rings. The third kappa shape index (κ3) is 3.80. The van der Waals surface area contributed by atoms with Crippen LogP contribution in [0.4, 0.5) is 8.78 Å². The summed E-state index contributed by atoms with van der Waals surface area (Å²) in [5.41, 5.74) is -1.23. The van der Waals surface area contributed by atoms with Gasteiger partial charge in [-0.25, -0.2) is 8.78 Å². The minimum absolute atomic E-state index is 0.0460. The molecule has 0 spiro atoms. The van der Waals surface area contributed by atoms with Gasteiger partial charge in [0.15, 0.2) is 0 Å². The van der Waals surface area contributed by atoms with Gasteiger partial charge >= 0.3 is 5.97 Å². The third-order valence-electron chi connectivity index (χ3n) is 5.66. The standard InChI is InChI=1S/C23H23ClF2N2O2/c1-22(2,3)11-17-23(12-27,13-7-9-14(25)10-8-13)18(20(28-17)21(29)30)15-5-4-6-16(24)19(15)26/h4-10,17-18,20,28H,11H2,1-3H3,(H,29,30)/t17-,18-,20+,23-/m0/s1. The lowest BCUT2D eigenvalue weighted by Crippen LogP contribution is -2.44. The maximum atomic E-state index is 15.1. The molecule has 2 N–H and O–H groups in total. The van der Waals surface area contributed by atoms with Crippen molar-refractivity contribution >= 4 is 17.6 Å². The normalized spacial score (nSPS) is 26.4. The second-order valence-corrected chi connectivity index (χ2v) is 9.32. The van der Waals surface area contributed by atoms with E-state index in [-0.39, 0.29) is 16.0 Å². The smallest absolute Gasteiger partial charge is 0.321 e. The van der Waals surface area contributed by atoms with E-state index in [0.717, 1.165) is 0 Å². The number of hydrogen-bond donors (Lipinski definition) is 2. The summed E-state index contributed by atoms with van der Waals surface area (Å²) in [6.07, 6.45) is 0.445. The Labute approximate surface area is 179 Å². The first-order chi connectivity index (χ1) is 14.0. The molecule has 0 bridgehead atoms. The fourth-order valence-corrected chi connectivity index (χ4v) is 4.66. The van der Waals surface area contributed by atoms with E-state index >= 15 is 4.39 Å². The van der Waals surface area contributed by atoms with Crippen LogP contribution in [0.5, 0.6) is 0 Å². The topological polar surface area (TPSA) is 73.1 Å². The van der Waals surface area contributed by atoms with Crippen molar-refractivity contribution in [3.8, 4) is 6.07 Å². The predicted octanol–water partition coefficient (Wildman–Crippen LogP) is 5.02. The quantitative estimate of drug-likeness (QED) is 0.711. The van der Waals surface area contributed by atoms with Crippen LogP contribution in [0.15, 0.2) is 42.5 Å². The van der Waals surface area contributed by atoms with Crippen molar-refractivity contribution in [2.75, 3.05) is 0 Å². The van der Waals surface area contributed by atoms with Crippen molar-refractivity contribution in [3.05, 3.63) is 70.2 Å². The number of carboxylic acids is 1. The highest BCUT2D eigenvalue weighted by Crippen LogP contribution is 2.51. The SMILES string of the molecule is CC(C)(C)C[C@@H]1N[C@@H](C(=O)O)[C@H](c2cccc(Cl)c2F)[C@@]1(C#N)c1ccc(F)cc1. The first-order valence-corrected chi connectivity index (χ1v) is 9.99. The summed E-state index contributed by atoms with van der Waals surface area (Å²) in [7, 11) is 0. The number of nitriles is 1. The van der Waals surface area contributed by atoms with E-state index in [1.807, 2.05) is 20.8 Å². The molecule has 0 aliphatic carbocycles. The molecule has 0 radical (unpaired) electrons. The Kier molecular flexibility index (Phi) is 5.90. The number of carbonyl (C=O) groups is 1. The van der Waals surface area contributed by atoms with Crippen LogP contribution in [0, 0.1) is 28.4 Å². The molecule has 0 amide bonds. The molecule has 158 valence electrons. The van der Waals surface area contributed by atoms with Gasteiger partial charge in [0.1, 0.15) is 23.1 Å². The Bertz CT molecular complexity index is 998. The summed E-state index contributed by atoms with van der Waals surface area (Å²) in [5.74, 6) is -3.50. The first kappa shape index (κ1) is 22.2. The maximum Gasteiger partial charge on any atom is 0.321 e. The van der Waals surface area contributed by atoms with E-state index in [1.54, 1.807) is 0 Å². The van der Waals surface area contributed by atoms with Crippen molar-refractivity contribution in [1.82, 2.24) is 5.32 Å². The van der Waals surface area contributed by atoms with Crippen LogP contribution in [0.1, 0.15) is 44.2 Å². The molecule has 0 saturated carbocycles. The molecular weight excluding hydrogens is 410 g/mol. The zero-order valence-corrected chi connectivity index (χ0v) is 17.7. The number of aliphatic carboxylic acids is 1. The number of nitrogens with one attached hydrogen (secondary N) is 1. The van der Waals surface area contributed by atoms with Crippen LogP contribution in [-0.4, -0.2) is 23.2 Å². The fourth-order valence-electron chi connectivity index (χ4n) is 4.47. The summed E-state index contributed by atoms with van der Waals surface area (Å²) >= 11 is 5.99. The molecule has 0 unspecified atom stereocenters. The maximum absolute atomic E-state index is 15.1. The lowest BCUT2D eigenvalue weighted by Gasteiger charge is -2.37. The van der Waals surface area contributed by atoms with Gasteiger partial charge in [-0.05, 0) is 41.2 Å². The Balaban J connectivity index is 2.33. The highest BCUT2D eigenvalue weighted by molar-refractivity contribution is 6.30. The Morgan fingerprint density at radius 2 is 1.87 bits per heavy atom. The summed E-state index contributed by atoms with van der Waals surface area (Å²) in [6.45, 7) is 5.93. The molecule has 3 rings (SSSR count). The van der Waals surface area contributed by atoms with Gasteiger partial charge in [-0.3, -0.25) is 10.1 Å². The van der Waals surface area contributed by atoms with Gasteiger partial charge in [0, 0.05) is 12.0 Å². The molecule has 7 heteroatoms. The molecule has 2 aromatic carbocycles. The van der Waals surface area contributed by atoms with Crippen LogP contribution in [0.25, 0.3) is 0 Å². The summed E-state index contributed by atoms with van der Waals surface area (Å²) in [4.78, 5) is 12.2. The highest BCUT2D eigenvalue weighted by atomic mass is 35.5. The number of rotatable bonds is 4. The number of carboxylic acid groups (broad SMARTS) is 1. The van der Waals surface area contributed by atoms with Crippen LogP contribution in [0.2, 0.25) is 5.02 Å². The number of halogens is 3. The van der Waals surface area contributed by atoms with Gasteiger partial charge in [-0.1, -0.05) is 56.6 Å². The van der Waals surface area contributed by atoms with Gasteiger partial charge in [-0.2, -0.15) is 5.26 Å². The summed E-state index contributed by atoms with van der Waals surface area (Å²) in [6, 6.07) is 10.2. The van der Waals surface area contributed by atoms with E-state index in [9.17, 15) is 19.6 Å². The second kappa shape index (κ2) is 7.98. The minimum Gasteiger partial charge on any atom is -0.480 e. The highest BCUT2D eigenvalue weighted by Gasteiger charge is 2.60. The van der Waals surface area contributed by atoms with Crippen LogP contribution in [-0.2, 0) is 10.2 Å². The van der Waals surface area contributed by atoms with Crippen molar-refractivity contribution in [2.24, 2.45) is 5.41 Å². The van der Waals surface area contributed by atoms with Gasteiger partial charge < -0.3 is 5.11 Å². The Morgan fingerprint density at radius 1 is 1.23 bits per heavy atom. The van der Waals surface area contributed by atoms with Crippen LogP contribution >= 0.6 is 11.6 Å². The molecule has 1 saturated heterocycles. The van der Waals surface area contributed by atoms with Gasteiger partial charge in [-0.15, -0.1) is 0 Å². The molecule has 2 aromatic rings. The van der Waals surface area contributed by atoms with Crippen molar-refractivity contribution in [2.45, 2.75) is 50.6 Å². The molecule has 0 aromatic heterocycles. The van der Waals surface area contributed by atoms with Crippen molar-refractivity contribution < 1.29 is 18.7 Å². The first-order valence-electron chi connectivity index (χ1n) is 9.61. The molecular formula is C23H23ClF2N2O2. The number of nitrogens with zero attached hydrogens (tertiary/aromatic N) is 1. The molecule has 4 nitrogen and oxygen atoms in total. The van der Waals surface area contributed by atoms with E-state index in [4.69, 9.17) is 11.6 Å². The minimum atomic E-state index is -1.45. The summed E-state index contributed by atoms with van der Waals surface area (Å²) in [5, 5.41) is 23.3. The zero-order valence-electron chi connectivity index (χ0n) is 16.9. The Morgan fingerprint density at radius 3 is 2.40 bits per heavy atom. The zero-order chi connectivity index (χ0) is 22.3. The average molecular weight is 433 g/mol. The van der Waals surface area contributed by atoms with Crippen LogP contribution in [0.3, 0.4) is 0 Å². The van der Waals surface area contributed by atoms with E-state index in [2.05, 4.69) is 11.4 Å². The van der Waals surface area contributed by atoms with E-state index in [0.29, 0.717) is 12.0 Å². The van der Waals surface area contributed by atoms with E-state index in [1.165, 1.54) is 42.5 Å². The van der Waals surface area contributed by atoms with Crippen molar-refractivity contribution in [1.29, 1.82) is 5.26 Å². The average Bonchev–Trinajstić information content (AvgIpc) is 2.98. The molecule has 1 aliphatic rings. The molecule has 1 aliphatic heterocycles. The molecule has 4 atom stereocenters. The lowest BCUT2D eigenvalue weighted by atomic mass is 9.63. The predicted molar refractivity (Wildman–Crippen MR) is 110 cm³/mol. The second-order valence-electron chi connectivity index (χ2n) is 8.91.